The van der Waals surface area contributed by atoms with Crippen molar-refractivity contribution in [2.24, 2.45) is 0 Å². The second kappa shape index (κ2) is 9.49. The van der Waals surface area contributed by atoms with E-state index < -0.39 is 22.1 Å². The minimum atomic E-state index is -4.07. The molecule has 0 amide bonds. The number of hydroxylamine groups is 1. The first-order valence-corrected chi connectivity index (χ1v) is 10.6. The van der Waals surface area contributed by atoms with E-state index >= 15 is 0 Å². The Balaban J connectivity index is 2.22. The van der Waals surface area contributed by atoms with Crippen LogP contribution in [0.1, 0.15) is 40.1 Å². The summed E-state index contributed by atoms with van der Waals surface area (Å²) in [6, 6.07) is 10.7. The number of hydrogen-bond acceptors (Lipinski definition) is 6. The van der Waals surface area contributed by atoms with Gasteiger partial charge in [0.1, 0.15) is 4.90 Å². The second-order valence-corrected chi connectivity index (χ2v) is 8.52. The van der Waals surface area contributed by atoms with Crippen molar-refractivity contribution >= 4 is 33.4 Å². The molecule has 9 heteroatoms. The van der Waals surface area contributed by atoms with E-state index in [1.807, 2.05) is 19.1 Å². The number of sulfonamides is 1. The summed E-state index contributed by atoms with van der Waals surface area (Å²) in [6.07, 6.45) is -0.202. The summed E-state index contributed by atoms with van der Waals surface area (Å²) >= 11 is 5.98. The highest BCUT2D eigenvalue weighted by Gasteiger charge is 2.26. The van der Waals surface area contributed by atoms with Gasteiger partial charge in [-0.25, -0.2) is 13.2 Å². The van der Waals surface area contributed by atoms with Crippen molar-refractivity contribution in [2.75, 3.05) is 14.2 Å². The topological polar surface area (TPSA) is 90.0 Å². The Bertz CT molecular complexity index is 1000. The molecular formula is C20H22ClNO6S. The van der Waals surface area contributed by atoms with Gasteiger partial charge in [0.25, 0.3) is 10.0 Å². The second-order valence-electron chi connectivity index (χ2n) is 6.20. The molecule has 0 bridgehead atoms. The van der Waals surface area contributed by atoms with Gasteiger partial charge in [0.2, 0.25) is 5.78 Å². The Morgan fingerprint density at radius 2 is 1.69 bits per heavy atom. The molecule has 2 aromatic rings. The average Bonchev–Trinajstić information content (AvgIpc) is 2.72. The van der Waals surface area contributed by atoms with E-state index in [0.29, 0.717) is 10.0 Å². The Morgan fingerprint density at radius 1 is 1.10 bits per heavy atom. The maximum absolute atomic E-state index is 12.5. The van der Waals surface area contributed by atoms with Gasteiger partial charge in [0.05, 0.1) is 17.7 Å². The Hall–Kier alpha value is -2.26. The number of ether oxygens (including phenoxy) is 1. The Morgan fingerprint density at radius 3 is 2.24 bits per heavy atom. The van der Waals surface area contributed by atoms with E-state index in [-0.39, 0.29) is 21.3 Å². The number of benzene rings is 2. The van der Waals surface area contributed by atoms with E-state index in [1.54, 1.807) is 12.1 Å². The molecule has 29 heavy (non-hydrogen) atoms. The number of nitrogens with zero attached hydrogens (tertiary/aromatic N) is 1. The van der Waals surface area contributed by atoms with Gasteiger partial charge in [0.15, 0.2) is 6.10 Å². The van der Waals surface area contributed by atoms with Crippen LogP contribution >= 0.6 is 11.6 Å². The summed E-state index contributed by atoms with van der Waals surface area (Å²) in [4.78, 5) is 29.4. The lowest BCUT2D eigenvalue weighted by atomic mass is 10.0. The molecule has 156 valence electrons. The van der Waals surface area contributed by atoms with Gasteiger partial charge in [-0.15, -0.1) is 0 Å². The number of halogens is 1. The largest absolute Gasteiger partial charge is 0.451 e. The maximum atomic E-state index is 12.5. The van der Waals surface area contributed by atoms with E-state index in [4.69, 9.17) is 21.2 Å². The average molecular weight is 440 g/mol. The predicted molar refractivity (Wildman–Crippen MR) is 108 cm³/mol. The van der Waals surface area contributed by atoms with Crippen molar-refractivity contribution in [3.05, 3.63) is 64.2 Å². The van der Waals surface area contributed by atoms with Crippen molar-refractivity contribution in [3.63, 3.8) is 0 Å². The van der Waals surface area contributed by atoms with Crippen LogP contribution in [0.5, 0.6) is 0 Å². The van der Waals surface area contributed by atoms with Crippen molar-refractivity contribution < 1.29 is 27.6 Å². The van der Waals surface area contributed by atoms with Crippen molar-refractivity contribution in [2.45, 2.75) is 31.3 Å². The highest BCUT2D eigenvalue weighted by molar-refractivity contribution is 7.89. The predicted octanol–water partition coefficient (Wildman–Crippen LogP) is 3.51. The van der Waals surface area contributed by atoms with Crippen LogP contribution in [0.15, 0.2) is 47.4 Å². The molecule has 2 rings (SSSR count). The van der Waals surface area contributed by atoms with Crippen LogP contribution in [0.25, 0.3) is 0 Å². The summed E-state index contributed by atoms with van der Waals surface area (Å²) < 4.78 is 30.7. The SMILES string of the molecule is CCc1ccc(C(=O)C(C)OC(=O)c2ccc(Cl)c(S(=O)(=O)N(C)OC)c2)cc1. The molecule has 0 radical (unpaired) electrons. The summed E-state index contributed by atoms with van der Waals surface area (Å²) in [7, 11) is -1.69. The fourth-order valence-electron chi connectivity index (χ4n) is 2.49. The van der Waals surface area contributed by atoms with Crippen LogP contribution in [0.4, 0.5) is 0 Å². The number of hydrogen-bond donors (Lipinski definition) is 0. The number of aryl methyl sites for hydroxylation is 1. The summed E-state index contributed by atoms with van der Waals surface area (Å²) in [5.74, 6) is -1.20. The smallest absolute Gasteiger partial charge is 0.338 e. The third-order valence-electron chi connectivity index (χ3n) is 4.34. The lowest BCUT2D eigenvalue weighted by Gasteiger charge is -2.16. The fourth-order valence-corrected chi connectivity index (χ4v) is 3.96. The number of ketones is 1. The molecule has 0 aliphatic heterocycles. The van der Waals surface area contributed by atoms with Gasteiger partial charge >= 0.3 is 5.97 Å². The van der Waals surface area contributed by atoms with Gasteiger partial charge in [-0.1, -0.05) is 47.3 Å². The van der Waals surface area contributed by atoms with E-state index in [0.717, 1.165) is 18.1 Å². The van der Waals surface area contributed by atoms with Crippen LogP contribution in [-0.4, -0.2) is 44.9 Å². The molecule has 1 atom stereocenters. The van der Waals surface area contributed by atoms with Crippen LogP contribution < -0.4 is 0 Å². The Labute approximate surface area is 175 Å². The molecule has 7 nitrogen and oxygen atoms in total. The fraction of sp³-hybridized carbons (Fsp3) is 0.300. The third kappa shape index (κ3) is 5.22. The number of carbonyl (C=O) groups excluding carboxylic acids is 2. The minimum Gasteiger partial charge on any atom is -0.451 e. The highest BCUT2D eigenvalue weighted by Crippen LogP contribution is 2.26. The number of rotatable bonds is 8. The number of Topliss-reactive ketones (excluding diaryl/α,β-unsaturated/α-hetero) is 1. The van der Waals surface area contributed by atoms with E-state index in [9.17, 15) is 18.0 Å². The summed E-state index contributed by atoms with van der Waals surface area (Å²) in [6.45, 7) is 3.46. The molecule has 0 aliphatic rings. The molecule has 0 aliphatic carbocycles. The standard InChI is InChI=1S/C20H22ClNO6S/c1-5-14-6-8-15(9-7-14)19(23)13(2)28-20(24)16-10-11-17(21)18(12-16)29(25,26)22(3)27-4/h6-13H,5H2,1-4H3. The van der Waals surface area contributed by atoms with E-state index in [1.165, 1.54) is 33.2 Å². The Kier molecular flexibility index (Phi) is 7.54. The molecule has 0 N–H and O–H groups in total. The highest BCUT2D eigenvalue weighted by atomic mass is 35.5. The molecule has 0 saturated heterocycles. The molecular weight excluding hydrogens is 418 g/mol. The van der Waals surface area contributed by atoms with Crippen LogP contribution in [-0.2, 0) is 26.0 Å². The first kappa shape index (κ1) is 23.0. The molecule has 0 spiro atoms. The molecule has 0 saturated carbocycles. The van der Waals surface area contributed by atoms with Gasteiger partial charge in [-0.2, -0.15) is 0 Å². The van der Waals surface area contributed by atoms with Crippen LogP contribution in [0, 0.1) is 0 Å². The van der Waals surface area contributed by atoms with Crippen LogP contribution in [0.3, 0.4) is 0 Å². The van der Waals surface area contributed by atoms with Crippen molar-refractivity contribution in [1.82, 2.24) is 4.47 Å². The number of esters is 1. The lowest BCUT2D eigenvalue weighted by Crippen LogP contribution is -2.27. The molecule has 0 fully saturated rings. The van der Waals surface area contributed by atoms with Crippen molar-refractivity contribution in [1.29, 1.82) is 0 Å². The first-order valence-electron chi connectivity index (χ1n) is 8.78. The molecule has 2 aromatic carbocycles. The first-order chi connectivity index (χ1) is 13.6. The maximum Gasteiger partial charge on any atom is 0.338 e. The zero-order chi connectivity index (χ0) is 21.8. The normalized spacial score (nSPS) is 12.6. The summed E-state index contributed by atoms with van der Waals surface area (Å²) in [5, 5.41) is -0.0782. The van der Waals surface area contributed by atoms with E-state index in [2.05, 4.69) is 0 Å². The summed E-state index contributed by atoms with van der Waals surface area (Å²) in [5.41, 5.74) is 1.45. The number of carbonyl (C=O) groups is 2. The van der Waals surface area contributed by atoms with Gasteiger partial charge in [-0.05, 0) is 37.1 Å². The third-order valence-corrected chi connectivity index (χ3v) is 6.50. The zero-order valence-corrected chi connectivity index (χ0v) is 18.1. The minimum absolute atomic E-state index is 0.0570. The van der Waals surface area contributed by atoms with Gasteiger partial charge in [0, 0.05) is 12.6 Å². The quantitative estimate of drug-likeness (QED) is 0.355. The monoisotopic (exact) mass is 439 g/mol. The van der Waals surface area contributed by atoms with Crippen molar-refractivity contribution in [3.8, 4) is 0 Å². The molecule has 0 aromatic heterocycles. The zero-order valence-electron chi connectivity index (χ0n) is 16.5. The van der Waals surface area contributed by atoms with Crippen LogP contribution in [0.2, 0.25) is 5.02 Å². The van der Waals surface area contributed by atoms with Gasteiger partial charge in [-0.3, -0.25) is 9.63 Å². The van der Waals surface area contributed by atoms with Gasteiger partial charge < -0.3 is 4.74 Å². The molecule has 0 heterocycles. The lowest BCUT2D eigenvalue weighted by molar-refractivity contribution is -0.0258. The molecule has 1 unspecified atom stereocenters.